The number of fused-ring (bicyclic) bond motifs is 1. The number of benzene rings is 2. The molecule has 0 unspecified atom stereocenters. The molecule has 5 heteroatoms. The maximum absolute atomic E-state index is 12.8. The molecule has 0 bridgehead atoms. The molecule has 2 amide bonds. The molecule has 1 aliphatic rings. The summed E-state index contributed by atoms with van der Waals surface area (Å²) < 4.78 is 11.5. The average Bonchev–Trinajstić information content (AvgIpc) is 2.92. The van der Waals surface area contributed by atoms with E-state index in [2.05, 4.69) is 50.4 Å². The molecule has 0 spiro atoms. The van der Waals surface area contributed by atoms with Gasteiger partial charge in [0.15, 0.2) is 11.5 Å². The van der Waals surface area contributed by atoms with Gasteiger partial charge in [-0.25, -0.2) is 4.79 Å². The van der Waals surface area contributed by atoms with E-state index in [1.165, 1.54) is 5.56 Å². The molecule has 0 aromatic heterocycles. The first-order chi connectivity index (χ1) is 13.4. The molecule has 1 atom stereocenters. The fraction of sp³-hybridized carbons (Fsp3) is 0.435. The zero-order valence-electron chi connectivity index (χ0n) is 17.2. The van der Waals surface area contributed by atoms with Crippen LogP contribution in [0.4, 0.5) is 4.79 Å². The lowest BCUT2D eigenvalue weighted by atomic mass is 9.95. The first kappa shape index (κ1) is 20.1. The number of hydrogen-bond donors (Lipinski definition) is 1. The van der Waals surface area contributed by atoms with Crippen molar-refractivity contribution in [3.05, 3.63) is 59.2 Å². The Morgan fingerprint density at radius 2 is 1.75 bits per heavy atom. The number of ether oxygens (including phenoxy) is 2. The number of carbonyl (C=O) groups excluding carboxylic acids is 1. The SMILES string of the molecule is Cc1ccc(CN(C)C(=O)N[C@H](c2ccc3c(c2)OCCCO3)C(C)C)cc1. The van der Waals surface area contributed by atoms with E-state index in [1.54, 1.807) is 4.90 Å². The lowest BCUT2D eigenvalue weighted by molar-refractivity contribution is 0.198. The van der Waals surface area contributed by atoms with E-state index >= 15 is 0 Å². The summed E-state index contributed by atoms with van der Waals surface area (Å²) in [4.78, 5) is 14.5. The molecule has 0 saturated heterocycles. The number of nitrogens with one attached hydrogen (secondary N) is 1. The predicted molar refractivity (Wildman–Crippen MR) is 111 cm³/mol. The van der Waals surface area contributed by atoms with Crippen LogP contribution in [0.5, 0.6) is 11.5 Å². The number of urea groups is 1. The van der Waals surface area contributed by atoms with Gasteiger partial charge in [0, 0.05) is 20.0 Å². The van der Waals surface area contributed by atoms with E-state index in [4.69, 9.17) is 9.47 Å². The lowest BCUT2D eigenvalue weighted by Gasteiger charge is -2.27. The standard InChI is InChI=1S/C23H30N2O3/c1-16(2)22(19-10-11-20-21(14-19)28-13-5-12-27-20)24-23(26)25(4)15-18-8-6-17(3)7-9-18/h6-11,14,16,22H,5,12-13,15H2,1-4H3,(H,24,26)/t22-/m0/s1. The maximum atomic E-state index is 12.8. The summed E-state index contributed by atoms with van der Waals surface area (Å²) >= 11 is 0. The van der Waals surface area contributed by atoms with Crippen molar-refractivity contribution in [2.24, 2.45) is 5.92 Å². The normalized spacial score (nSPS) is 14.3. The third-order valence-corrected chi connectivity index (χ3v) is 4.96. The van der Waals surface area contributed by atoms with Gasteiger partial charge in [0.2, 0.25) is 0 Å². The minimum Gasteiger partial charge on any atom is -0.490 e. The average molecular weight is 383 g/mol. The molecule has 1 aliphatic heterocycles. The van der Waals surface area contributed by atoms with Crippen molar-refractivity contribution in [3.63, 3.8) is 0 Å². The van der Waals surface area contributed by atoms with Gasteiger partial charge in [-0.2, -0.15) is 0 Å². The smallest absolute Gasteiger partial charge is 0.317 e. The van der Waals surface area contributed by atoms with Crippen LogP contribution in [-0.2, 0) is 6.54 Å². The molecule has 1 N–H and O–H groups in total. The van der Waals surface area contributed by atoms with Crippen LogP contribution < -0.4 is 14.8 Å². The van der Waals surface area contributed by atoms with Gasteiger partial charge in [0.1, 0.15) is 0 Å². The maximum Gasteiger partial charge on any atom is 0.317 e. The Hall–Kier alpha value is -2.69. The van der Waals surface area contributed by atoms with E-state index in [9.17, 15) is 4.79 Å². The van der Waals surface area contributed by atoms with Gasteiger partial charge in [-0.1, -0.05) is 49.7 Å². The van der Waals surface area contributed by atoms with Crippen LogP contribution in [0.25, 0.3) is 0 Å². The largest absolute Gasteiger partial charge is 0.490 e. The minimum atomic E-state index is -0.106. The summed E-state index contributed by atoms with van der Waals surface area (Å²) in [6, 6.07) is 14.0. The molecule has 0 fully saturated rings. The van der Waals surface area contributed by atoms with Gasteiger partial charge in [-0.3, -0.25) is 0 Å². The number of rotatable bonds is 5. The highest BCUT2D eigenvalue weighted by Gasteiger charge is 2.22. The number of carbonyl (C=O) groups is 1. The van der Waals surface area contributed by atoms with Crippen LogP contribution in [0, 0.1) is 12.8 Å². The Balaban J connectivity index is 1.71. The van der Waals surface area contributed by atoms with E-state index in [0.29, 0.717) is 19.8 Å². The van der Waals surface area contributed by atoms with E-state index in [-0.39, 0.29) is 18.0 Å². The van der Waals surface area contributed by atoms with Crippen molar-refractivity contribution in [1.29, 1.82) is 0 Å². The monoisotopic (exact) mass is 382 g/mol. The highest BCUT2D eigenvalue weighted by Crippen LogP contribution is 2.34. The molecule has 2 aromatic carbocycles. The Labute approximate surface area is 167 Å². The molecule has 1 heterocycles. The second kappa shape index (κ2) is 9.00. The van der Waals surface area contributed by atoms with Gasteiger partial charge in [-0.05, 0) is 36.1 Å². The van der Waals surface area contributed by atoms with E-state index < -0.39 is 0 Å². The second-order valence-corrected chi connectivity index (χ2v) is 7.77. The van der Waals surface area contributed by atoms with Gasteiger partial charge in [0.05, 0.1) is 19.3 Å². The van der Waals surface area contributed by atoms with Crippen LogP contribution in [0.1, 0.15) is 43.0 Å². The third kappa shape index (κ3) is 4.97. The Morgan fingerprint density at radius 3 is 2.43 bits per heavy atom. The Kier molecular flexibility index (Phi) is 6.45. The molecule has 150 valence electrons. The predicted octanol–water partition coefficient (Wildman–Crippen LogP) is 4.70. The summed E-state index contributed by atoms with van der Waals surface area (Å²) in [6.07, 6.45) is 0.873. The summed E-state index contributed by atoms with van der Waals surface area (Å²) in [5, 5.41) is 3.18. The summed E-state index contributed by atoms with van der Waals surface area (Å²) in [5.74, 6) is 1.76. The van der Waals surface area contributed by atoms with Crippen LogP contribution in [-0.4, -0.2) is 31.2 Å². The molecule has 0 radical (unpaired) electrons. The molecule has 0 aliphatic carbocycles. The van der Waals surface area contributed by atoms with Crippen molar-refractivity contribution >= 4 is 6.03 Å². The zero-order chi connectivity index (χ0) is 20.1. The van der Waals surface area contributed by atoms with Crippen molar-refractivity contribution in [1.82, 2.24) is 10.2 Å². The van der Waals surface area contributed by atoms with Crippen LogP contribution in [0.2, 0.25) is 0 Å². The highest BCUT2D eigenvalue weighted by molar-refractivity contribution is 5.74. The molecule has 2 aromatic rings. The minimum absolute atomic E-state index is 0.0913. The highest BCUT2D eigenvalue weighted by atomic mass is 16.5. The number of amides is 2. The quantitative estimate of drug-likeness (QED) is 0.816. The van der Waals surface area contributed by atoms with Gasteiger partial charge in [0.25, 0.3) is 0 Å². The fourth-order valence-corrected chi connectivity index (χ4v) is 3.29. The van der Waals surface area contributed by atoms with Crippen molar-refractivity contribution in [3.8, 4) is 11.5 Å². The molecule has 3 rings (SSSR count). The van der Waals surface area contributed by atoms with Crippen molar-refractivity contribution in [2.75, 3.05) is 20.3 Å². The third-order valence-electron chi connectivity index (χ3n) is 4.96. The summed E-state index contributed by atoms with van der Waals surface area (Å²) in [7, 11) is 1.82. The molecule has 28 heavy (non-hydrogen) atoms. The fourth-order valence-electron chi connectivity index (χ4n) is 3.29. The van der Waals surface area contributed by atoms with Gasteiger partial charge in [-0.15, -0.1) is 0 Å². The topological polar surface area (TPSA) is 50.8 Å². The Morgan fingerprint density at radius 1 is 1.07 bits per heavy atom. The van der Waals surface area contributed by atoms with Crippen LogP contribution in [0.3, 0.4) is 0 Å². The summed E-state index contributed by atoms with van der Waals surface area (Å²) in [6.45, 7) is 8.15. The number of hydrogen-bond acceptors (Lipinski definition) is 3. The van der Waals surface area contributed by atoms with Crippen molar-refractivity contribution in [2.45, 2.75) is 39.8 Å². The van der Waals surface area contributed by atoms with Crippen LogP contribution in [0.15, 0.2) is 42.5 Å². The number of nitrogens with zero attached hydrogens (tertiary/aromatic N) is 1. The molecule has 0 saturated carbocycles. The van der Waals surface area contributed by atoms with E-state index in [1.807, 2.05) is 25.2 Å². The van der Waals surface area contributed by atoms with Gasteiger partial charge >= 0.3 is 6.03 Å². The van der Waals surface area contributed by atoms with E-state index in [0.717, 1.165) is 29.0 Å². The van der Waals surface area contributed by atoms with Crippen molar-refractivity contribution < 1.29 is 14.3 Å². The first-order valence-corrected chi connectivity index (χ1v) is 9.91. The zero-order valence-corrected chi connectivity index (χ0v) is 17.2. The van der Waals surface area contributed by atoms with Gasteiger partial charge < -0.3 is 19.7 Å². The number of aryl methyl sites for hydroxylation is 1. The lowest BCUT2D eigenvalue weighted by Crippen LogP contribution is -2.40. The first-order valence-electron chi connectivity index (χ1n) is 9.91. The Bertz CT molecular complexity index is 802. The molecular formula is C23H30N2O3. The summed E-state index contributed by atoms with van der Waals surface area (Å²) in [5.41, 5.74) is 3.35. The molecular weight excluding hydrogens is 352 g/mol. The molecule has 5 nitrogen and oxygen atoms in total. The second-order valence-electron chi connectivity index (χ2n) is 7.77. The van der Waals surface area contributed by atoms with Crippen LogP contribution >= 0.6 is 0 Å².